The molecule has 2 aromatic rings. The number of pyridine rings is 1. The smallest absolute Gasteiger partial charge is 0.258 e. The van der Waals surface area contributed by atoms with Crippen LogP contribution in [-0.2, 0) is 0 Å². The summed E-state index contributed by atoms with van der Waals surface area (Å²) in [7, 11) is 0. The van der Waals surface area contributed by atoms with Crippen LogP contribution >= 0.6 is 23.4 Å². The van der Waals surface area contributed by atoms with E-state index in [4.69, 9.17) is 11.6 Å². The second-order valence-corrected chi connectivity index (χ2v) is 6.39. The minimum atomic E-state index is -0.313. The molecular weight excluding hydrogens is 358 g/mol. The molecule has 0 unspecified atom stereocenters. The molecule has 0 bridgehead atoms. The van der Waals surface area contributed by atoms with Gasteiger partial charge in [-0.15, -0.1) is 11.8 Å². The van der Waals surface area contributed by atoms with Crippen molar-refractivity contribution in [1.29, 1.82) is 0 Å². The predicted molar refractivity (Wildman–Crippen MR) is 103 cm³/mol. The van der Waals surface area contributed by atoms with Gasteiger partial charge in [0.1, 0.15) is 5.03 Å². The van der Waals surface area contributed by atoms with E-state index in [1.165, 1.54) is 11.8 Å². The van der Waals surface area contributed by atoms with Gasteiger partial charge in [-0.05, 0) is 50.4 Å². The Bertz CT molecular complexity index is 779. The van der Waals surface area contributed by atoms with Gasteiger partial charge in [0.05, 0.1) is 16.3 Å². The minimum Gasteiger partial charge on any atom is -0.339 e. The zero-order valence-corrected chi connectivity index (χ0v) is 15.9. The number of anilines is 1. The first kappa shape index (κ1) is 19.3. The molecule has 1 heterocycles. The van der Waals surface area contributed by atoms with Crippen molar-refractivity contribution in [2.45, 2.75) is 18.9 Å². The highest BCUT2D eigenvalue weighted by molar-refractivity contribution is 7.98. The first-order valence-electron chi connectivity index (χ1n) is 7.91. The van der Waals surface area contributed by atoms with Crippen molar-refractivity contribution < 1.29 is 9.59 Å². The van der Waals surface area contributed by atoms with E-state index in [1.807, 2.05) is 20.1 Å². The number of aromatic nitrogens is 1. The Balaban J connectivity index is 2.29. The summed E-state index contributed by atoms with van der Waals surface area (Å²) >= 11 is 7.58. The Morgan fingerprint density at radius 2 is 1.96 bits per heavy atom. The number of hydrogen-bond donors (Lipinski definition) is 1. The van der Waals surface area contributed by atoms with Gasteiger partial charge in [-0.2, -0.15) is 0 Å². The number of carbonyl (C=O) groups is 2. The third-order valence-electron chi connectivity index (χ3n) is 3.72. The molecule has 0 spiro atoms. The third-order valence-corrected chi connectivity index (χ3v) is 4.76. The van der Waals surface area contributed by atoms with Crippen LogP contribution < -0.4 is 5.32 Å². The summed E-state index contributed by atoms with van der Waals surface area (Å²) < 4.78 is 0. The molecule has 5 nitrogen and oxygen atoms in total. The van der Waals surface area contributed by atoms with Crippen LogP contribution in [0.5, 0.6) is 0 Å². The fourth-order valence-electron chi connectivity index (χ4n) is 2.36. The van der Waals surface area contributed by atoms with E-state index in [0.29, 0.717) is 40.0 Å². The predicted octanol–water partition coefficient (Wildman–Crippen LogP) is 4.19. The lowest BCUT2D eigenvalue weighted by molar-refractivity contribution is 0.0772. The van der Waals surface area contributed by atoms with Gasteiger partial charge in [-0.1, -0.05) is 11.6 Å². The van der Waals surface area contributed by atoms with Gasteiger partial charge in [0.15, 0.2) is 0 Å². The summed E-state index contributed by atoms with van der Waals surface area (Å²) in [5.41, 5.74) is 1.35. The molecule has 0 atom stereocenters. The molecule has 0 fully saturated rings. The molecule has 0 saturated carbocycles. The van der Waals surface area contributed by atoms with E-state index in [2.05, 4.69) is 10.3 Å². The zero-order chi connectivity index (χ0) is 18.4. The van der Waals surface area contributed by atoms with Gasteiger partial charge in [0.2, 0.25) is 0 Å². The van der Waals surface area contributed by atoms with Crippen LogP contribution in [0.25, 0.3) is 0 Å². The Morgan fingerprint density at radius 3 is 2.60 bits per heavy atom. The number of benzene rings is 1. The van der Waals surface area contributed by atoms with Gasteiger partial charge in [0, 0.05) is 24.8 Å². The third kappa shape index (κ3) is 4.52. The number of nitrogens with one attached hydrogen (secondary N) is 1. The lowest BCUT2D eigenvalue weighted by Gasteiger charge is -2.19. The number of carbonyl (C=O) groups excluding carboxylic acids is 2. The average molecular weight is 378 g/mol. The molecule has 25 heavy (non-hydrogen) atoms. The second-order valence-electron chi connectivity index (χ2n) is 5.19. The normalized spacial score (nSPS) is 10.4. The van der Waals surface area contributed by atoms with Gasteiger partial charge in [-0.25, -0.2) is 4.98 Å². The number of amides is 2. The standard InChI is InChI=1S/C18H20ClN3O2S/c1-4-22(5-2)18(24)12-8-9-14(19)15(11-12)21-16(23)13-7-6-10-20-17(13)25-3/h6-11H,4-5H2,1-3H3,(H,21,23). The Morgan fingerprint density at radius 1 is 1.24 bits per heavy atom. The van der Waals surface area contributed by atoms with Crippen molar-refractivity contribution in [1.82, 2.24) is 9.88 Å². The summed E-state index contributed by atoms with van der Waals surface area (Å²) in [5.74, 6) is -0.407. The number of thioether (sulfide) groups is 1. The van der Waals surface area contributed by atoms with E-state index in [0.717, 1.165) is 0 Å². The molecule has 2 rings (SSSR count). The highest BCUT2D eigenvalue weighted by Gasteiger charge is 2.17. The summed E-state index contributed by atoms with van der Waals surface area (Å²) in [4.78, 5) is 30.9. The first-order chi connectivity index (χ1) is 12.0. The van der Waals surface area contributed by atoms with E-state index in [-0.39, 0.29) is 11.8 Å². The fourth-order valence-corrected chi connectivity index (χ4v) is 3.08. The maximum absolute atomic E-state index is 12.6. The number of halogens is 1. The number of rotatable bonds is 6. The molecule has 0 aliphatic carbocycles. The summed E-state index contributed by atoms with van der Waals surface area (Å²) in [6, 6.07) is 8.29. The van der Waals surface area contributed by atoms with Crippen molar-refractivity contribution in [3.63, 3.8) is 0 Å². The van der Waals surface area contributed by atoms with Crippen molar-refractivity contribution in [3.05, 3.63) is 52.7 Å². The van der Waals surface area contributed by atoms with E-state index in [1.54, 1.807) is 41.4 Å². The monoisotopic (exact) mass is 377 g/mol. The molecule has 0 saturated heterocycles. The van der Waals surface area contributed by atoms with Crippen LogP contribution in [-0.4, -0.2) is 41.0 Å². The first-order valence-corrected chi connectivity index (χ1v) is 9.51. The highest BCUT2D eigenvalue weighted by Crippen LogP contribution is 2.25. The SMILES string of the molecule is CCN(CC)C(=O)c1ccc(Cl)c(NC(=O)c2cccnc2SC)c1. The minimum absolute atomic E-state index is 0.0941. The van der Waals surface area contributed by atoms with Crippen LogP contribution in [0.2, 0.25) is 5.02 Å². The summed E-state index contributed by atoms with van der Waals surface area (Å²) in [6.45, 7) is 5.08. The van der Waals surface area contributed by atoms with Crippen LogP contribution in [0.3, 0.4) is 0 Å². The molecular formula is C18H20ClN3O2S. The van der Waals surface area contributed by atoms with Gasteiger partial charge in [-0.3, -0.25) is 9.59 Å². The van der Waals surface area contributed by atoms with Crippen LogP contribution in [0, 0.1) is 0 Å². The molecule has 1 aromatic heterocycles. The topological polar surface area (TPSA) is 62.3 Å². The second kappa shape index (κ2) is 8.87. The maximum Gasteiger partial charge on any atom is 0.258 e. The molecule has 0 aliphatic heterocycles. The molecule has 2 amide bonds. The van der Waals surface area contributed by atoms with Crippen molar-refractivity contribution >= 4 is 40.9 Å². The number of hydrogen-bond acceptors (Lipinski definition) is 4. The lowest BCUT2D eigenvalue weighted by atomic mass is 10.1. The van der Waals surface area contributed by atoms with Crippen molar-refractivity contribution in [2.75, 3.05) is 24.7 Å². The lowest BCUT2D eigenvalue weighted by Crippen LogP contribution is -2.30. The van der Waals surface area contributed by atoms with Crippen molar-refractivity contribution in [3.8, 4) is 0 Å². The van der Waals surface area contributed by atoms with Gasteiger partial charge in [0.25, 0.3) is 11.8 Å². The summed E-state index contributed by atoms with van der Waals surface area (Å²) in [5, 5.41) is 3.78. The molecule has 7 heteroatoms. The van der Waals surface area contributed by atoms with Crippen LogP contribution in [0.15, 0.2) is 41.6 Å². The van der Waals surface area contributed by atoms with Crippen molar-refractivity contribution in [2.24, 2.45) is 0 Å². The average Bonchev–Trinajstić information content (AvgIpc) is 2.64. The molecule has 0 radical (unpaired) electrons. The van der Waals surface area contributed by atoms with E-state index in [9.17, 15) is 9.59 Å². The number of nitrogens with zero attached hydrogens (tertiary/aromatic N) is 2. The molecule has 132 valence electrons. The van der Waals surface area contributed by atoms with Crippen LogP contribution in [0.4, 0.5) is 5.69 Å². The molecule has 0 aliphatic rings. The van der Waals surface area contributed by atoms with Gasteiger partial charge >= 0.3 is 0 Å². The molecule has 1 N–H and O–H groups in total. The van der Waals surface area contributed by atoms with Crippen LogP contribution in [0.1, 0.15) is 34.6 Å². The highest BCUT2D eigenvalue weighted by atomic mass is 35.5. The Labute approximate surface area is 156 Å². The van der Waals surface area contributed by atoms with E-state index >= 15 is 0 Å². The fraction of sp³-hybridized carbons (Fsp3) is 0.278. The van der Waals surface area contributed by atoms with E-state index < -0.39 is 0 Å². The largest absolute Gasteiger partial charge is 0.339 e. The zero-order valence-electron chi connectivity index (χ0n) is 14.4. The molecule has 1 aromatic carbocycles. The maximum atomic E-state index is 12.6. The Hall–Kier alpha value is -2.05. The van der Waals surface area contributed by atoms with Gasteiger partial charge < -0.3 is 10.2 Å². The quantitative estimate of drug-likeness (QED) is 0.766. The summed E-state index contributed by atoms with van der Waals surface area (Å²) in [6.07, 6.45) is 3.49. The Kier molecular flexibility index (Phi) is 6.84.